The van der Waals surface area contributed by atoms with Crippen molar-refractivity contribution in [1.82, 2.24) is 0 Å². The molecule has 0 spiro atoms. The van der Waals surface area contributed by atoms with Crippen molar-refractivity contribution in [2.24, 2.45) is 0 Å². The summed E-state index contributed by atoms with van der Waals surface area (Å²) in [7, 11) is 1.58. The molecule has 0 saturated carbocycles. The zero-order chi connectivity index (χ0) is 17.4. The molecule has 4 nitrogen and oxygen atoms in total. The van der Waals surface area contributed by atoms with Crippen LogP contribution in [0.5, 0.6) is 11.5 Å². The van der Waals surface area contributed by atoms with E-state index in [9.17, 15) is 4.79 Å². The molecule has 0 aliphatic heterocycles. The first kappa shape index (κ1) is 17.6. The van der Waals surface area contributed by atoms with E-state index in [-0.39, 0.29) is 12.5 Å². The predicted molar refractivity (Wildman–Crippen MR) is 97.6 cm³/mol. The fraction of sp³-hybridized carbons (Fsp3) is 0.250. The van der Waals surface area contributed by atoms with Gasteiger partial charge in [0.2, 0.25) is 0 Å². The Bertz CT molecular complexity index is 723. The Morgan fingerprint density at radius 1 is 1.17 bits per heavy atom. The second kappa shape index (κ2) is 8.77. The lowest BCUT2D eigenvalue weighted by Crippen LogP contribution is -2.20. The second-order valence-electron chi connectivity index (χ2n) is 5.30. The number of rotatable bonds is 7. The van der Waals surface area contributed by atoms with Crippen LogP contribution in [0.2, 0.25) is 0 Å². The van der Waals surface area contributed by atoms with Gasteiger partial charge in [-0.05, 0) is 48.7 Å². The molecule has 0 bridgehead atoms. The third kappa shape index (κ3) is 4.88. The number of carbonyl (C=O) groups excluding carboxylic acids is 1. The van der Waals surface area contributed by atoms with E-state index in [0.29, 0.717) is 11.5 Å². The van der Waals surface area contributed by atoms with Gasteiger partial charge in [0.15, 0.2) is 18.1 Å². The van der Waals surface area contributed by atoms with Crippen LogP contribution in [0.25, 0.3) is 6.08 Å². The van der Waals surface area contributed by atoms with Gasteiger partial charge in [0.1, 0.15) is 0 Å². The highest BCUT2D eigenvalue weighted by Gasteiger charge is 2.08. The molecule has 0 saturated heterocycles. The van der Waals surface area contributed by atoms with E-state index in [0.717, 1.165) is 17.7 Å². The highest BCUT2D eigenvalue weighted by atomic mass is 16.5. The molecule has 2 rings (SSSR count). The SMILES string of the molecule is C/C=C/c1ccc(OCC(=O)Nc2cccc(CC)c2)c(OC)c1. The molecule has 1 amide bonds. The van der Waals surface area contributed by atoms with E-state index in [1.54, 1.807) is 13.2 Å². The van der Waals surface area contributed by atoms with Crippen LogP contribution in [0.1, 0.15) is 25.0 Å². The number of amides is 1. The number of aryl methyl sites for hydroxylation is 1. The van der Waals surface area contributed by atoms with Gasteiger partial charge in [-0.1, -0.05) is 37.3 Å². The summed E-state index contributed by atoms with van der Waals surface area (Å²) in [5, 5.41) is 2.84. The minimum Gasteiger partial charge on any atom is -0.493 e. The third-order valence-corrected chi connectivity index (χ3v) is 3.52. The molecule has 0 unspecified atom stereocenters. The Kier molecular flexibility index (Phi) is 6.43. The summed E-state index contributed by atoms with van der Waals surface area (Å²) < 4.78 is 10.9. The molecular formula is C20H23NO3. The first-order valence-electron chi connectivity index (χ1n) is 7.98. The molecule has 1 N–H and O–H groups in total. The number of carbonyl (C=O) groups is 1. The normalized spacial score (nSPS) is 10.6. The van der Waals surface area contributed by atoms with Crippen molar-refractivity contribution >= 4 is 17.7 Å². The number of hydrogen-bond donors (Lipinski definition) is 1. The summed E-state index contributed by atoms with van der Waals surface area (Å²) in [6, 6.07) is 13.4. The number of nitrogens with one attached hydrogen (secondary N) is 1. The number of ether oxygens (including phenoxy) is 2. The number of methoxy groups -OCH3 is 1. The highest BCUT2D eigenvalue weighted by molar-refractivity contribution is 5.92. The van der Waals surface area contributed by atoms with E-state index in [1.807, 2.05) is 55.5 Å². The number of hydrogen-bond acceptors (Lipinski definition) is 3. The van der Waals surface area contributed by atoms with Gasteiger partial charge in [-0.3, -0.25) is 4.79 Å². The monoisotopic (exact) mass is 325 g/mol. The fourth-order valence-electron chi connectivity index (χ4n) is 2.31. The molecular weight excluding hydrogens is 302 g/mol. The van der Waals surface area contributed by atoms with Crippen molar-refractivity contribution < 1.29 is 14.3 Å². The average Bonchev–Trinajstić information content (AvgIpc) is 2.61. The van der Waals surface area contributed by atoms with E-state index in [1.165, 1.54) is 5.56 Å². The van der Waals surface area contributed by atoms with Crippen LogP contribution in [0.4, 0.5) is 5.69 Å². The first-order valence-corrected chi connectivity index (χ1v) is 7.98. The summed E-state index contributed by atoms with van der Waals surface area (Å²) in [5.41, 5.74) is 2.97. The van der Waals surface area contributed by atoms with Gasteiger partial charge >= 0.3 is 0 Å². The topological polar surface area (TPSA) is 47.6 Å². The molecule has 0 fully saturated rings. The second-order valence-corrected chi connectivity index (χ2v) is 5.30. The Labute approximate surface area is 143 Å². The molecule has 0 aliphatic carbocycles. The maximum absolute atomic E-state index is 12.1. The smallest absolute Gasteiger partial charge is 0.262 e. The van der Waals surface area contributed by atoms with Crippen molar-refractivity contribution in [2.75, 3.05) is 19.0 Å². The standard InChI is InChI=1S/C20H23NO3/c1-4-7-16-10-11-18(19(13-16)23-3)24-14-20(22)21-17-9-6-8-15(5-2)12-17/h4,6-13H,5,14H2,1-3H3,(H,21,22)/b7-4+. The van der Waals surface area contributed by atoms with Crippen molar-refractivity contribution in [1.29, 1.82) is 0 Å². The lowest BCUT2D eigenvalue weighted by Gasteiger charge is -2.12. The number of anilines is 1. The van der Waals surface area contributed by atoms with Gasteiger partial charge in [0.25, 0.3) is 5.91 Å². The third-order valence-electron chi connectivity index (χ3n) is 3.52. The summed E-state index contributed by atoms with van der Waals surface area (Å²) in [4.78, 5) is 12.1. The van der Waals surface area contributed by atoms with Crippen LogP contribution in [-0.2, 0) is 11.2 Å². The summed E-state index contributed by atoms with van der Waals surface area (Å²) in [6.45, 7) is 3.96. The molecule has 24 heavy (non-hydrogen) atoms. The largest absolute Gasteiger partial charge is 0.493 e. The lowest BCUT2D eigenvalue weighted by molar-refractivity contribution is -0.118. The van der Waals surface area contributed by atoms with Gasteiger partial charge in [-0.2, -0.15) is 0 Å². The quantitative estimate of drug-likeness (QED) is 0.825. The molecule has 0 radical (unpaired) electrons. The van der Waals surface area contributed by atoms with Crippen molar-refractivity contribution in [3.8, 4) is 11.5 Å². The summed E-state index contributed by atoms with van der Waals surface area (Å²) in [5.74, 6) is 0.942. The molecule has 126 valence electrons. The molecule has 2 aromatic carbocycles. The average molecular weight is 325 g/mol. The Balaban J connectivity index is 1.98. The fourth-order valence-corrected chi connectivity index (χ4v) is 2.31. The van der Waals surface area contributed by atoms with Crippen LogP contribution in [0.15, 0.2) is 48.5 Å². The van der Waals surface area contributed by atoms with Crippen molar-refractivity contribution in [3.05, 3.63) is 59.7 Å². The van der Waals surface area contributed by atoms with E-state index >= 15 is 0 Å². The van der Waals surface area contributed by atoms with Crippen LogP contribution in [-0.4, -0.2) is 19.6 Å². The maximum atomic E-state index is 12.1. The summed E-state index contributed by atoms with van der Waals surface area (Å²) >= 11 is 0. The van der Waals surface area contributed by atoms with Crippen LogP contribution >= 0.6 is 0 Å². The van der Waals surface area contributed by atoms with E-state index in [4.69, 9.17) is 9.47 Å². The maximum Gasteiger partial charge on any atom is 0.262 e. The van der Waals surface area contributed by atoms with Crippen molar-refractivity contribution in [2.45, 2.75) is 20.3 Å². The molecule has 4 heteroatoms. The van der Waals surface area contributed by atoms with Gasteiger partial charge in [0, 0.05) is 5.69 Å². The van der Waals surface area contributed by atoms with Crippen LogP contribution in [0.3, 0.4) is 0 Å². The Morgan fingerprint density at radius 2 is 2.00 bits per heavy atom. The predicted octanol–water partition coefficient (Wildman–Crippen LogP) is 4.31. The minimum absolute atomic E-state index is 0.0737. The molecule has 0 aliphatic rings. The first-order chi connectivity index (χ1) is 11.7. The van der Waals surface area contributed by atoms with Crippen LogP contribution in [0, 0.1) is 0 Å². The van der Waals surface area contributed by atoms with Gasteiger partial charge in [-0.25, -0.2) is 0 Å². The molecule has 0 atom stereocenters. The number of benzene rings is 2. The lowest BCUT2D eigenvalue weighted by atomic mass is 10.1. The van der Waals surface area contributed by atoms with Crippen LogP contribution < -0.4 is 14.8 Å². The van der Waals surface area contributed by atoms with Gasteiger partial charge in [-0.15, -0.1) is 0 Å². The summed E-state index contributed by atoms with van der Waals surface area (Å²) in [6.07, 6.45) is 4.85. The zero-order valence-corrected chi connectivity index (χ0v) is 14.3. The molecule has 0 heterocycles. The van der Waals surface area contributed by atoms with E-state index < -0.39 is 0 Å². The number of allylic oxidation sites excluding steroid dienone is 1. The van der Waals surface area contributed by atoms with Gasteiger partial charge < -0.3 is 14.8 Å². The Hall–Kier alpha value is -2.75. The molecule has 0 aromatic heterocycles. The van der Waals surface area contributed by atoms with E-state index in [2.05, 4.69) is 12.2 Å². The van der Waals surface area contributed by atoms with Gasteiger partial charge in [0.05, 0.1) is 7.11 Å². The molecule has 2 aromatic rings. The Morgan fingerprint density at radius 3 is 2.71 bits per heavy atom. The highest BCUT2D eigenvalue weighted by Crippen LogP contribution is 2.28. The minimum atomic E-state index is -0.206. The van der Waals surface area contributed by atoms with Crippen molar-refractivity contribution in [3.63, 3.8) is 0 Å². The zero-order valence-electron chi connectivity index (χ0n) is 14.3.